The zero-order valence-corrected chi connectivity index (χ0v) is 23.0. The van der Waals surface area contributed by atoms with E-state index >= 15 is 0 Å². The van der Waals surface area contributed by atoms with Crippen molar-refractivity contribution in [2.24, 2.45) is 5.92 Å². The van der Waals surface area contributed by atoms with E-state index in [2.05, 4.69) is 10.6 Å². The van der Waals surface area contributed by atoms with Gasteiger partial charge in [0.25, 0.3) is 5.78 Å². The van der Waals surface area contributed by atoms with Gasteiger partial charge in [0, 0.05) is 5.02 Å². The highest BCUT2D eigenvalue weighted by molar-refractivity contribution is 6.30. The fraction of sp³-hybridized carbons (Fsp3) is 0.323. The van der Waals surface area contributed by atoms with Gasteiger partial charge in [0.1, 0.15) is 6.04 Å². The van der Waals surface area contributed by atoms with Crippen molar-refractivity contribution in [2.45, 2.75) is 57.3 Å². The first-order valence-electron chi connectivity index (χ1n) is 13.0. The number of amides is 2. The van der Waals surface area contributed by atoms with Gasteiger partial charge >= 0.3 is 6.18 Å². The molecule has 0 heterocycles. The summed E-state index contributed by atoms with van der Waals surface area (Å²) < 4.78 is 39.7. The number of hydrogen-bond acceptors (Lipinski definition) is 3. The molecule has 0 bridgehead atoms. The number of carbonyl (C=O) groups is 3. The zero-order chi connectivity index (χ0) is 29.3. The Labute approximate surface area is 237 Å². The normalized spacial score (nSPS) is 13.8. The lowest BCUT2D eigenvalue weighted by molar-refractivity contribution is -0.175. The quantitative estimate of drug-likeness (QED) is 0.277. The van der Waals surface area contributed by atoms with Crippen LogP contribution in [0, 0.1) is 5.92 Å². The second-order valence-electron chi connectivity index (χ2n) is 9.98. The molecule has 3 rings (SSSR count). The van der Waals surface area contributed by atoms with Crippen molar-refractivity contribution in [3.05, 3.63) is 107 Å². The maximum Gasteiger partial charge on any atom is 0.452 e. The topological polar surface area (TPSA) is 75.3 Å². The summed E-state index contributed by atoms with van der Waals surface area (Å²) in [5, 5.41) is 5.46. The molecule has 212 valence electrons. The lowest BCUT2D eigenvalue weighted by atomic mass is 9.90. The molecule has 9 heteroatoms. The van der Waals surface area contributed by atoms with Crippen molar-refractivity contribution in [2.75, 3.05) is 0 Å². The van der Waals surface area contributed by atoms with Gasteiger partial charge in [0.05, 0.1) is 12.0 Å². The van der Waals surface area contributed by atoms with Crippen LogP contribution in [0.5, 0.6) is 0 Å². The van der Waals surface area contributed by atoms with Gasteiger partial charge in [-0.2, -0.15) is 13.2 Å². The van der Waals surface area contributed by atoms with E-state index in [1.165, 1.54) is 13.8 Å². The van der Waals surface area contributed by atoms with Crippen LogP contribution in [-0.4, -0.2) is 35.9 Å². The summed E-state index contributed by atoms with van der Waals surface area (Å²) in [5.74, 6) is -4.93. The predicted molar refractivity (Wildman–Crippen MR) is 149 cm³/mol. The van der Waals surface area contributed by atoms with Gasteiger partial charge < -0.3 is 10.6 Å². The van der Waals surface area contributed by atoms with Crippen LogP contribution in [0.3, 0.4) is 0 Å². The average Bonchev–Trinajstić information content (AvgIpc) is 2.92. The number of hydrogen-bond donors (Lipinski definition) is 2. The lowest BCUT2D eigenvalue weighted by Crippen LogP contribution is -2.56. The van der Waals surface area contributed by atoms with Crippen LogP contribution in [0.1, 0.15) is 42.9 Å². The zero-order valence-electron chi connectivity index (χ0n) is 22.3. The first-order valence-corrected chi connectivity index (χ1v) is 13.4. The lowest BCUT2D eigenvalue weighted by Gasteiger charge is -2.27. The molecule has 0 saturated heterocycles. The van der Waals surface area contributed by atoms with Gasteiger partial charge in [-0.3, -0.25) is 14.4 Å². The highest BCUT2D eigenvalue weighted by Gasteiger charge is 2.45. The number of ketones is 1. The van der Waals surface area contributed by atoms with E-state index in [-0.39, 0.29) is 6.42 Å². The Hall–Kier alpha value is -3.65. The van der Waals surface area contributed by atoms with Gasteiger partial charge in [-0.05, 0) is 54.0 Å². The first-order chi connectivity index (χ1) is 19.0. The van der Waals surface area contributed by atoms with Crippen LogP contribution in [0.2, 0.25) is 5.02 Å². The molecule has 1 unspecified atom stereocenters. The predicted octanol–water partition coefficient (Wildman–Crippen LogP) is 6.06. The van der Waals surface area contributed by atoms with E-state index in [1.54, 1.807) is 24.3 Å². The maximum atomic E-state index is 13.7. The van der Waals surface area contributed by atoms with E-state index < -0.39 is 47.7 Å². The number of rotatable bonds is 12. The molecule has 40 heavy (non-hydrogen) atoms. The van der Waals surface area contributed by atoms with Crippen LogP contribution in [0.4, 0.5) is 13.2 Å². The molecule has 3 atom stereocenters. The van der Waals surface area contributed by atoms with E-state index in [0.29, 0.717) is 23.4 Å². The smallest absolute Gasteiger partial charge is 0.344 e. The molecule has 0 fully saturated rings. The molecular weight excluding hydrogens is 541 g/mol. The largest absolute Gasteiger partial charge is 0.452 e. The molecule has 2 N–H and O–H groups in total. The summed E-state index contributed by atoms with van der Waals surface area (Å²) in [6, 6.07) is 22.4. The Kier molecular flexibility index (Phi) is 10.9. The Morgan fingerprint density at radius 2 is 1.40 bits per heavy atom. The summed E-state index contributed by atoms with van der Waals surface area (Å²) in [6.07, 6.45) is -4.32. The standard InChI is InChI=1S/C31H32ClF3N2O3/c1-20(2)27(28(38)31(33,34)35)37-30(40)26(17-16-21-10-5-3-6-11-21)36-29(39)25(18-22-12-7-4-8-13-22)23-14-9-15-24(32)19-23/h3-15,19-20,25-27H,16-18H2,1-2H3,(H,36,39)(H,37,40)/t25?,26-,27-/m0/s1. The third-order valence-corrected chi connectivity index (χ3v) is 6.81. The number of aryl methyl sites for hydroxylation is 1. The molecule has 0 aliphatic carbocycles. The first kappa shape index (κ1) is 30.9. The Bertz CT molecular complexity index is 1280. The van der Waals surface area contributed by atoms with Gasteiger partial charge in [-0.15, -0.1) is 0 Å². The fourth-order valence-electron chi connectivity index (χ4n) is 4.40. The molecule has 0 spiro atoms. The van der Waals surface area contributed by atoms with Crippen LogP contribution in [-0.2, 0) is 27.2 Å². The minimum absolute atomic E-state index is 0.111. The third kappa shape index (κ3) is 8.95. The molecule has 0 radical (unpaired) electrons. The van der Waals surface area contributed by atoms with E-state index in [0.717, 1.165) is 11.1 Å². The maximum absolute atomic E-state index is 13.7. The summed E-state index contributed by atoms with van der Waals surface area (Å²) in [7, 11) is 0. The number of halogens is 4. The van der Waals surface area contributed by atoms with Gasteiger partial charge in [-0.1, -0.05) is 98.2 Å². The summed E-state index contributed by atoms with van der Waals surface area (Å²) >= 11 is 6.20. The molecule has 0 aliphatic rings. The number of alkyl halides is 3. The van der Waals surface area contributed by atoms with E-state index in [1.807, 2.05) is 60.7 Å². The van der Waals surface area contributed by atoms with Crippen molar-refractivity contribution in [1.82, 2.24) is 10.6 Å². The van der Waals surface area contributed by atoms with E-state index in [4.69, 9.17) is 11.6 Å². The molecule has 0 aromatic heterocycles. The van der Waals surface area contributed by atoms with Gasteiger partial charge in [-0.25, -0.2) is 0 Å². The van der Waals surface area contributed by atoms with Crippen molar-refractivity contribution in [3.8, 4) is 0 Å². The second kappa shape index (κ2) is 14.1. The summed E-state index contributed by atoms with van der Waals surface area (Å²) in [6.45, 7) is 2.84. The number of benzene rings is 3. The minimum atomic E-state index is -5.11. The Balaban J connectivity index is 1.89. The minimum Gasteiger partial charge on any atom is -0.344 e. The highest BCUT2D eigenvalue weighted by Crippen LogP contribution is 2.25. The van der Waals surface area contributed by atoms with Crippen molar-refractivity contribution in [3.63, 3.8) is 0 Å². The molecule has 0 saturated carbocycles. The third-order valence-electron chi connectivity index (χ3n) is 6.57. The molecular formula is C31H32ClF3N2O3. The van der Waals surface area contributed by atoms with Gasteiger partial charge in [0.15, 0.2) is 0 Å². The van der Waals surface area contributed by atoms with Crippen LogP contribution in [0.15, 0.2) is 84.9 Å². The fourth-order valence-corrected chi connectivity index (χ4v) is 4.60. The molecule has 5 nitrogen and oxygen atoms in total. The molecule has 0 aliphatic heterocycles. The Morgan fingerprint density at radius 1 is 0.800 bits per heavy atom. The van der Waals surface area contributed by atoms with Crippen molar-refractivity contribution in [1.29, 1.82) is 0 Å². The van der Waals surface area contributed by atoms with Crippen LogP contribution in [0.25, 0.3) is 0 Å². The summed E-state index contributed by atoms with van der Waals surface area (Å²) in [4.78, 5) is 39.1. The molecule has 3 aromatic rings. The number of Topliss-reactive ketones (excluding diaryl/α,β-unsaturated/α-hetero) is 1. The van der Waals surface area contributed by atoms with Gasteiger partial charge in [0.2, 0.25) is 11.8 Å². The monoisotopic (exact) mass is 572 g/mol. The highest BCUT2D eigenvalue weighted by atomic mass is 35.5. The van der Waals surface area contributed by atoms with E-state index in [9.17, 15) is 27.6 Å². The molecule has 3 aromatic carbocycles. The number of carbonyl (C=O) groups excluding carboxylic acids is 3. The van der Waals surface area contributed by atoms with Crippen LogP contribution >= 0.6 is 11.6 Å². The van der Waals surface area contributed by atoms with Crippen molar-refractivity contribution >= 4 is 29.2 Å². The average molecular weight is 573 g/mol. The number of nitrogens with one attached hydrogen (secondary N) is 2. The van der Waals surface area contributed by atoms with Crippen molar-refractivity contribution < 1.29 is 27.6 Å². The SMILES string of the molecule is CC(C)[C@H](NC(=O)[C@H](CCc1ccccc1)NC(=O)C(Cc1ccccc1)c1cccc(Cl)c1)C(=O)C(F)(F)F. The van der Waals surface area contributed by atoms with Crippen LogP contribution < -0.4 is 10.6 Å². The second-order valence-corrected chi connectivity index (χ2v) is 10.4. The molecule has 2 amide bonds. The summed E-state index contributed by atoms with van der Waals surface area (Å²) in [5.41, 5.74) is 2.39. The Morgan fingerprint density at radius 3 is 1.95 bits per heavy atom.